The van der Waals surface area contributed by atoms with Crippen molar-refractivity contribution >= 4 is 27.2 Å². The monoisotopic (exact) mass is 451 g/mol. The molecule has 4 nitrogen and oxygen atoms in total. The van der Waals surface area contributed by atoms with Crippen LogP contribution < -0.4 is 5.32 Å². The molecule has 0 amide bonds. The molecular formula is C30H33N3O. The van der Waals surface area contributed by atoms with E-state index in [1.165, 1.54) is 60.9 Å². The van der Waals surface area contributed by atoms with Crippen LogP contribution in [-0.4, -0.2) is 61.2 Å². The maximum atomic E-state index is 11.5. The average Bonchev–Trinajstić information content (AvgIpc) is 3.17. The summed E-state index contributed by atoms with van der Waals surface area (Å²) in [5.41, 5.74) is 5.54. The number of nitrogens with one attached hydrogen (secondary N) is 1. The molecule has 34 heavy (non-hydrogen) atoms. The lowest BCUT2D eigenvalue weighted by Crippen LogP contribution is -2.44. The van der Waals surface area contributed by atoms with E-state index in [0.29, 0.717) is 0 Å². The summed E-state index contributed by atoms with van der Waals surface area (Å²) < 4.78 is 0. The normalized spacial score (nSPS) is 18.4. The molecule has 1 aliphatic heterocycles. The molecule has 1 atom stereocenters. The predicted molar refractivity (Wildman–Crippen MR) is 143 cm³/mol. The molecule has 1 fully saturated rings. The lowest BCUT2D eigenvalue weighted by molar-refractivity contribution is 0.152. The van der Waals surface area contributed by atoms with Gasteiger partial charge in [0.2, 0.25) is 0 Å². The number of hydrogen-bond acceptors (Lipinski definition) is 4. The fourth-order valence-corrected chi connectivity index (χ4v) is 5.78. The summed E-state index contributed by atoms with van der Waals surface area (Å²) in [6, 6.07) is 23.5. The third-order valence-corrected chi connectivity index (χ3v) is 7.70. The topological polar surface area (TPSA) is 38.7 Å². The molecule has 2 N–H and O–H groups in total. The Morgan fingerprint density at radius 3 is 2.41 bits per heavy atom. The maximum Gasteiger partial charge on any atom is 0.106 e. The summed E-state index contributed by atoms with van der Waals surface area (Å²) in [6.07, 6.45) is 1.75. The molecule has 2 aliphatic rings. The van der Waals surface area contributed by atoms with Crippen LogP contribution in [0.15, 0.2) is 66.7 Å². The van der Waals surface area contributed by atoms with Crippen LogP contribution in [0.25, 0.3) is 32.7 Å². The molecule has 4 aromatic carbocycles. The van der Waals surface area contributed by atoms with Gasteiger partial charge in [-0.05, 0) is 65.3 Å². The Balaban J connectivity index is 1.25. The zero-order valence-corrected chi connectivity index (χ0v) is 19.9. The van der Waals surface area contributed by atoms with Crippen molar-refractivity contribution in [2.24, 2.45) is 0 Å². The van der Waals surface area contributed by atoms with E-state index >= 15 is 0 Å². The Bertz CT molecular complexity index is 1340. The number of hydrogen-bond donors (Lipinski definition) is 2. The second kappa shape index (κ2) is 9.03. The highest BCUT2D eigenvalue weighted by Crippen LogP contribution is 2.50. The van der Waals surface area contributed by atoms with Crippen molar-refractivity contribution in [2.45, 2.75) is 18.9 Å². The van der Waals surface area contributed by atoms with E-state index in [2.05, 4.69) is 88.9 Å². The number of anilines is 1. The molecule has 0 aromatic heterocycles. The van der Waals surface area contributed by atoms with E-state index in [4.69, 9.17) is 0 Å². The summed E-state index contributed by atoms with van der Waals surface area (Å²) in [6.45, 7) is 6.86. The molecule has 1 saturated heterocycles. The van der Waals surface area contributed by atoms with Gasteiger partial charge in [-0.1, -0.05) is 60.7 Å². The van der Waals surface area contributed by atoms with Gasteiger partial charge in [0.05, 0.1) is 0 Å². The lowest BCUT2D eigenvalue weighted by atomic mass is 9.95. The van der Waals surface area contributed by atoms with Gasteiger partial charge >= 0.3 is 0 Å². The van der Waals surface area contributed by atoms with E-state index in [-0.39, 0.29) is 0 Å². The summed E-state index contributed by atoms with van der Waals surface area (Å²) in [4.78, 5) is 5.00. The van der Waals surface area contributed by atoms with Crippen LogP contribution >= 0.6 is 0 Å². The number of benzene rings is 4. The SMILES string of the molecule is CN1CCN(CCCCNc2cc3c(c4ccccc24)-c2ccc4ccccc4c2C3O)CC1. The number of unbranched alkanes of at least 4 members (excludes halogenated alkanes) is 1. The van der Waals surface area contributed by atoms with Crippen LogP contribution in [0.4, 0.5) is 5.69 Å². The van der Waals surface area contributed by atoms with Crippen LogP contribution in [-0.2, 0) is 0 Å². The summed E-state index contributed by atoms with van der Waals surface area (Å²) in [5, 5.41) is 19.9. The van der Waals surface area contributed by atoms with Crippen molar-refractivity contribution in [3.63, 3.8) is 0 Å². The molecule has 1 aliphatic carbocycles. The zero-order chi connectivity index (χ0) is 23.1. The van der Waals surface area contributed by atoms with Crippen LogP contribution in [0.3, 0.4) is 0 Å². The predicted octanol–water partition coefficient (Wildman–Crippen LogP) is 5.49. The van der Waals surface area contributed by atoms with Crippen LogP contribution in [0.2, 0.25) is 0 Å². The van der Waals surface area contributed by atoms with Crippen molar-refractivity contribution in [2.75, 3.05) is 51.6 Å². The minimum Gasteiger partial charge on any atom is -0.385 e. The molecule has 0 saturated carbocycles. The molecule has 1 unspecified atom stereocenters. The lowest BCUT2D eigenvalue weighted by Gasteiger charge is -2.32. The van der Waals surface area contributed by atoms with E-state index in [1.807, 2.05) is 0 Å². The van der Waals surface area contributed by atoms with Gasteiger partial charge in [0, 0.05) is 49.4 Å². The average molecular weight is 452 g/mol. The van der Waals surface area contributed by atoms with Crippen molar-refractivity contribution in [3.05, 3.63) is 77.9 Å². The number of aliphatic hydroxyl groups is 1. The van der Waals surface area contributed by atoms with Gasteiger partial charge in [-0.25, -0.2) is 0 Å². The number of fused-ring (bicyclic) bond motifs is 7. The Morgan fingerprint density at radius 2 is 1.59 bits per heavy atom. The van der Waals surface area contributed by atoms with Crippen molar-refractivity contribution < 1.29 is 5.11 Å². The summed E-state index contributed by atoms with van der Waals surface area (Å²) in [7, 11) is 2.21. The highest BCUT2D eigenvalue weighted by atomic mass is 16.3. The Morgan fingerprint density at radius 1 is 0.853 bits per heavy atom. The molecule has 0 spiro atoms. The summed E-state index contributed by atoms with van der Waals surface area (Å²) in [5.74, 6) is 0. The minimum absolute atomic E-state index is 0.599. The number of aliphatic hydroxyl groups excluding tert-OH is 1. The molecule has 4 aromatic rings. The van der Waals surface area contributed by atoms with Gasteiger partial charge in [0.1, 0.15) is 6.10 Å². The Labute approximate surface area is 201 Å². The third-order valence-electron chi connectivity index (χ3n) is 7.70. The molecule has 0 bridgehead atoms. The molecule has 4 heteroatoms. The molecular weight excluding hydrogens is 418 g/mol. The van der Waals surface area contributed by atoms with Gasteiger partial charge in [-0.2, -0.15) is 0 Å². The first-order chi connectivity index (χ1) is 16.7. The first-order valence-electron chi connectivity index (χ1n) is 12.6. The smallest absolute Gasteiger partial charge is 0.106 e. The summed E-state index contributed by atoms with van der Waals surface area (Å²) >= 11 is 0. The van der Waals surface area contributed by atoms with Gasteiger partial charge in [-0.15, -0.1) is 0 Å². The molecule has 0 radical (unpaired) electrons. The standard InChI is InChI=1S/C30H33N3O/c1-32-16-18-33(19-17-32)15-7-6-14-31-27-20-26-28(24-11-5-4-10-23(24)27)25-13-12-21-8-2-3-9-22(21)29(25)30(26)34/h2-5,8-13,20,30-31,34H,6-7,14-19H2,1H3. The second-order valence-corrected chi connectivity index (χ2v) is 9.86. The first-order valence-corrected chi connectivity index (χ1v) is 12.6. The molecule has 1 heterocycles. The van der Waals surface area contributed by atoms with Crippen molar-refractivity contribution in [1.29, 1.82) is 0 Å². The Hall–Kier alpha value is -2.92. The quantitative estimate of drug-likeness (QED) is 0.380. The highest BCUT2D eigenvalue weighted by Gasteiger charge is 2.31. The molecule has 6 rings (SSSR count). The maximum absolute atomic E-state index is 11.5. The number of likely N-dealkylation sites (N-methyl/N-ethyl adjacent to an activating group) is 1. The third kappa shape index (κ3) is 3.76. The largest absolute Gasteiger partial charge is 0.385 e. The zero-order valence-electron chi connectivity index (χ0n) is 19.9. The number of rotatable bonds is 6. The van der Waals surface area contributed by atoms with Crippen LogP contribution in [0, 0.1) is 0 Å². The van der Waals surface area contributed by atoms with Crippen molar-refractivity contribution in [3.8, 4) is 11.1 Å². The second-order valence-electron chi connectivity index (χ2n) is 9.86. The fourth-order valence-electron chi connectivity index (χ4n) is 5.78. The number of nitrogens with zero attached hydrogens (tertiary/aromatic N) is 2. The fraction of sp³-hybridized carbons (Fsp3) is 0.333. The van der Waals surface area contributed by atoms with E-state index in [1.54, 1.807) is 0 Å². The van der Waals surface area contributed by atoms with Gasteiger partial charge < -0.3 is 20.2 Å². The Kier molecular flexibility index (Phi) is 5.74. The van der Waals surface area contributed by atoms with E-state index in [9.17, 15) is 5.11 Å². The minimum atomic E-state index is -0.599. The van der Waals surface area contributed by atoms with Gasteiger partial charge in [0.15, 0.2) is 0 Å². The van der Waals surface area contributed by atoms with E-state index in [0.717, 1.165) is 40.7 Å². The van der Waals surface area contributed by atoms with Crippen LogP contribution in [0.5, 0.6) is 0 Å². The first kappa shape index (κ1) is 21.6. The highest BCUT2D eigenvalue weighted by molar-refractivity contribution is 6.09. The van der Waals surface area contributed by atoms with Gasteiger partial charge in [-0.3, -0.25) is 0 Å². The molecule has 174 valence electrons. The van der Waals surface area contributed by atoms with Crippen molar-refractivity contribution in [1.82, 2.24) is 9.80 Å². The van der Waals surface area contributed by atoms with Gasteiger partial charge in [0.25, 0.3) is 0 Å². The van der Waals surface area contributed by atoms with E-state index < -0.39 is 6.10 Å². The van der Waals surface area contributed by atoms with Crippen LogP contribution in [0.1, 0.15) is 30.1 Å². The number of piperazine rings is 1.